The van der Waals surface area contributed by atoms with E-state index in [1.807, 2.05) is 23.8 Å². The summed E-state index contributed by atoms with van der Waals surface area (Å²) in [6.45, 7) is 8.22. The molecule has 0 spiro atoms. The molecule has 1 aromatic rings. The Morgan fingerprint density at radius 3 is 2.89 bits per heavy atom. The lowest BCUT2D eigenvalue weighted by molar-refractivity contribution is -0.121. The predicted octanol–water partition coefficient (Wildman–Crippen LogP) is 0.453. The molecule has 2 N–H and O–H groups in total. The Morgan fingerprint density at radius 1 is 1.56 bits per heavy atom. The number of nitrogens with one attached hydrogen (secondary N) is 2. The molecule has 0 saturated heterocycles. The molecule has 5 nitrogen and oxygen atoms in total. The maximum absolute atomic E-state index is 11.7. The van der Waals surface area contributed by atoms with Crippen molar-refractivity contribution >= 4 is 5.91 Å². The molecule has 1 amide bonds. The molecule has 0 bridgehead atoms. The van der Waals surface area contributed by atoms with Crippen molar-refractivity contribution in [2.24, 2.45) is 0 Å². The van der Waals surface area contributed by atoms with Crippen molar-refractivity contribution < 1.29 is 4.79 Å². The first-order valence-electron chi connectivity index (χ1n) is 6.28. The van der Waals surface area contributed by atoms with E-state index < -0.39 is 0 Å². The van der Waals surface area contributed by atoms with Crippen molar-refractivity contribution in [2.75, 3.05) is 13.1 Å². The molecule has 0 unspecified atom stereocenters. The Bertz CT molecular complexity index is 476. The molecule has 0 saturated carbocycles. The Kier molecular flexibility index (Phi) is 3.81. The minimum Gasteiger partial charge on any atom is -0.353 e. The molecule has 5 heteroatoms. The highest BCUT2D eigenvalue weighted by Crippen LogP contribution is 2.10. The second-order valence-electron chi connectivity index (χ2n) is 4.62. The number of hydrogen-bond acceptors (Lipinski definition) is 3. The summed E-state index contributed by atoms with van der Waals surface area (Å²) in [7, 11) is 0. The lowest BCUT2D eigenvalue weighted by atomic mass is 10.2. The predicted molar refractivity (Wildman–Crippen MR) is 70.4 cm³/mol. The highest BCUT2D eigenvalue weighted by atomic mass is 16.2. The lowest BCUT2D eigenvalue weighted by Crippen LogP contribution is -2.41. The van der Waals surface area contributed by atoms with Crippen LogP contribution in [0.4, 0.5) is 0 Å². The summed E-state index contributed by atoms with van der Waals surface area (Å²) >= 11 is 0. The topological polar surface area (TPSA) is 59.0 Å². The van der Waals surface area contributed by atoms with Crippen molar-refractivity contribution in [1.29, 1.82) is 0 Å². The highest BCUT2D eigenvalue weighted by Gasteiger charge is 2.16. The van der Waals surface area contributed by atoms with E-state index in [-0.39, 0.29) is 11.9 Å². The number of amides is 1. The number of nitrogens with zero attached hydrogens (tertiary/aromatic N) is 2. The summed E-state index contributed by atoms with van der Waals surface area (Å²) in [6.07, 6.45) is 3.86. The maximum atomic E-state index is 11.7. The molecule has 0 aromatic carbocycles. The molecule has 0 radical (unpaired) electrons. The molecular formula is C13H20N4O. The van der Waals surface area contributed by atoms with Gasteiger partial charge in [-0.05, 0) is 26.3 Å². The van der Waals surface area contributed by atoms with Gasteiger partial charge in [-0.2, -0.15) is 5.10 Å². The van der Waals surface area contributed by atoms with Gasteiger partial charge in [0.2, 0.25) is 5.91 Å². The largest absolute Gasteiger partial charge is 0.353 e. The molecule has 1 aliphatic heterocycles. The molecule has 2 heterocycles. The second kappa shape index (κ2) is 5.35. The van der Waals surface area contributed by atoms with Crippen molar-refractivity contribution in [3.05, 3.63) is 29.1 Å². The van der Waals surface area contributed by atoms with Gasteiger partial charge >= 0.3 is 0 Å². The van der Waals surface area contributed by atoms with Crippen LogP contribution in [0.15, 0.2) is 12.2 Å². The van der Waals surface area contributed by atoms with E-state index in [4.69, 9.17) is 0 Å². The van der Waals surface area contributed by atoms with Gasteiger partial charge in [-0.15, -0.1) is 0 Å². The molecule has 2 rings (SSSR count). The van der Waals surface area contributed by atoms with Crippen LogP contribution < -0.4 is 10.6 Å². The fourth-order valence-electron chi connectivity index (χ4n) is 2.05. The third-order valence-corrected chi connectivity index (χ3v) is 3.43. The van der Waals surface area contributed by atoms with Gasteiger partial charge in [-0.25, -0.2) is 0 Å². The average Bonchev–Trinajstić information content (AvgIpc) is 2.95. The van der Waals surface area contributed by atoms with Crippen LogP contribution in [0.3, 0.4) is 0 Å². The monoisotopic (exact) mass is 248 g/mol. The number of hydrogen-bond donors (Lipinski definition) is 2. The summed E-state index contributed by atoms with van der Waals surface area (Å²) in [5.41, 5.74) is 3.45. The molecule has 18 heavy (non-hydrogen) atoms. The van der Waals surface area contributed by atoms with Gasteiger partial charge < -0.3 is 5.32 Å². The van der Waals surface area contributed by atoms with Crippen molar-refractivity contribution in [2.45, 2.75) is 33.4 Å². The van der Waals surface area contributed by atoms with Crippen LogP contribution >= 0.6 is 0 Å². The van der Waals surface area contributed by atoms with Gasteiger partial charge in [-0.3, -0.25) is 14.8 Å². The average molecular weight is 248 g/mol. The zero-order chi connectivity index (χ0) is 13.1. The fraction of sp³-hybridized carbons (Fsp3) is 0.538. The maximum Gasteiger partial charge on any atom is 0.241 e. The Hall–Kier alpha value is -1.62. The number of carbonyl (C=O) groups excluding carboxylic acids is 1. The number of carbonyl (C=O) groups is 1. The summed E-state index contributed by atoms with van der Waals surface area (Å²) in [5.74, 6) is 0.0296. The normalized spacial score (nSPS) is 18.3. The first-order chi connectivity index (χ1) is 8.59. The minimum atomic E-state index is -0.174. The van der Waals surface area contributed by atoms with Crippen LogP contribution in [-0.2, 0) is 11.3 Å². The van der Waals surface area contributed by atoms with Crippen LogP contribution in [0.25, 0.3) is 0 Å². The minimum absolute atomic E-state index is 0.0296. The van der Waals surface area contributed by atoms with Crippen LogP contribution in [0.2, 0.25) is 0 Å². The molecule has 0 aliphatic carbocycles. The van der Waals surface area contributed by atoms with E-state index in [1.165, 1.54) is 11.3 Å². The third-order valence-electron chi connectivity index (χ3n) is 3.43. The first kappa shape index (κ1) is 12.8. The van der Waals surface area contributed by atoms with Gasteiger partial charge in [0, 0.05) is 18.8 Å². The van der Waals surface area contributed by atoms with E-state index in [1.54, 1.807) is 0 Å². The van der Waals surface area contributed by atoms with Gasteiger partial charge in [0.05, 0.1) is 12.2 Å². The highest BCUT2D eigenvalue weighted by molar-refractivity contribution is 5.84. The second-order valence-corrected chi connectivity index (χ2v) is 4.62. The molecule has 1 aliphatic rings. The Labute approximate surface area is 107 Å². The first-order valence-corrected chi connectivity index (χ1v) is 6.28. The van der Waals surface area contributed by atoms with Crippen LogP contribution in [0, 0.1) is 20.8 Å². The number of aromatic nitrogens is 2. The van der Waals surface area contributed by atoms with Gasteiger partial charge in [0.1, 0.15) is 6.04 Å². The van der Waals surface area contributed by atoms with E-state index in [9.17, 15) is 4.79 Å². The molecular weight excluding hydrogens is 228 g/mol. The number of rotatable bonds is 4. The number of aryl methyl sites for hydroxylation is 1. The molecule has 1 atom stereocenters. The van der Waals surface area contributed by atoms with E-state index in [2.05, 4.69) is 29.6 Å². The summed E-state index contributed by atoms with van der Waals surface area (Å²) in [5, 5.41) is 10.4. The SMILES string of the molecule is Cc1nn(CCNC(=O)[C@@H]2C=CCN2)c(C)c1C. The molecule has 0 fully saturated rings. The zero-order valence-electron chi connectivity index (χ0n) is 11.2. The zero-order valence-corrected chi connectivity index (χ0v) is 11.2. The quantitative estimate of drug-likeness (QED) is 0.761. The van der Waals surface area contributed by atoms with Crippen molar-refractivity contribution in [1.82, 2.24) is 20.4 Å². The molecule has 98 valence electrons. The van der Waals surface area contributed by atoms with Crippen molar-refractivity contribution in [3.8, 4) is 0 Å². The van der Waals surface area contributed by atoms with Crippen LogP contribution in [-0.4, -0.2) is 34.8 Å². The van der Waals surface area contributed by atoms with E-state index in [0.29, 0.717) is 13.1 Å². The summed E-state index contributed by atoms with van der Waals surface area (Å²) in [6, 6.07) is -0.174. The standard InChI is InChI=1S/C13H20N4O/c1-9-10(2)16-17(11(9)3)8-7-15-13(18)12-5-4-6-14-12/h4-5,12,14H,6-8H2,1-3H3,(H,15,18)/t12-/m0/s1. The fourth-order valence-corrected chi connectivity index (χ4v) is 2.05. The third kappa shape index (κ3) is 2.61. The summed E-state index contributed by atoms with van der Waals surface area (Å²) < 4.78 is 1.95. The Balaban J connectivity index is 1.83. The van der Waals surface area contributed by atoms with E-state index in [0.717, 1.165) is 12.2 Å². The summed E-state index contributed by atoms with van der Waals surface area (Å²) in [4.78, 5) is 11.7. The van der Waals surface area contributed by atoms with Crippen LogP contribution in [0.5, 0.6) is 0 Å². The van der Waals surface area contributed by atoms with Crippen LogP contribution in [0.1, 0.15) is 17.0 Å². The van der Waals surface area contributed by atoms with Gasteiger partial charge in [-0.1, -0.05) is 12.2 Å². The van der Waals surface area contributed by atoms with Crippen molar-refractivity contribution in [3.63, 3.8) is 0 Å². The van der Waals surface area contributed by atoms with Gasteiger partial charge in [0.15, 0.2) is 0 Å². The van der Waals surface area contributed by atoms with Gasteiger partial charge in [0.25, 0.3) is 0 Å². The Morgan fingerprint density at radius 2 is 2.33 bits per heavy atom. The molecule has 1 aromatic heterocycles. The lowest BCUT2D eigenvalue weighted by Gasteiger charge is -2.11. The van der Waals surface area contributed by atoms with E-state index >= 15 is 0 Å². The smallest absolute Gasteiger partial charge is 0.241 e.